The monoisotopic (exact) mass is 296 g/mol. The number of pyridine rings is 1. The summed E-state index contributed by atoms with van der Waals surface area (Å²) < 4.78 is 27.8. The molecule has 0 radical (unpaired) electrons. The van der Waals surface area contributed by atoms with Crippen LogP contribution in [0.2, 0.25) is 0 Å². The molecule has 0 amide bonds. The fourth-order valence-electron chi connectivity index (χ4n) is 3.23. The van der Waals surface area contributed by atoms with Gasteiger partial charge in [-0.25, -0.2) is 13.8 Å². The lowest BCUT2D eigenvalue weighted by atomic mass is 10.1. The zero-order valence-electron chi connectivity index (χ0n) is 12.4. The van der Waals surface area contributed by atoms with Crippen molar-refractivity contribution in [3.63, 3.8) is 0 Å². The molecule has 116 valence electrons. The maximum atomic E-state index is 14.1. The molecule has 2 fully saturated rings. The molecule has 3 heterocycles. The van der Waals surface area contributed by atoms with E-state index < -0.39 is 11.6 Å². The minimum absolute atomic E-state index is 0.155. The van der Waals surface area contributed by atoms with Crippen molar-refractivity contribution in [3.8, 4) is 0 Å². The second kappa shape index (κ2) is 6.13. The number of piperazine rings is 1. The lowest BCUT2D eigenvalue weighted by Gasteiger charge is -2.38. The summed E-state index contributed by atoms with van der Waals surface area (Å²) in [6.07, 6.45) is 3.23. The van der Waals surface area contributed by atoms with E-state index in [-0.39, 0.29) is 11.6 Å². The van der Waals surface area contributed by atoms with Crippen molar-refractivity contribution in [1.29, 1.82) is 0 Å². The second-order valence-electron chi connectivity index (χ2n) is 5.83. The fourth-order valence-corrected chi connectivity index (χ4v) is 3.23. The van der Waals surface area contributed by atoms with E-state index in [0.717, 1.165) is 45.1 Å². The van der Waals surface area contributed by atoms with E-state index in [1.165, 1.54) is 6.42 Å². The first kappa shape index (κ1) is 14.5. The lowest BCUT2D eigenvalue weighted by molar-refractivity contribution is 0.229. The Bertz CT molecular complexity index is 509. The van der Waals surface area contributed by atoms with Crippen molar-refractivity contribution < 1.29 is 8.78 Å². The van der Waals surface area contributed by atoms with Gasteiger partial charge in [0.05, 0.1) is 0 Å². The highest BCUT2D eigenvalue weighted by atomic mass is 19.1. The Labute approximate surface area is 124 Å². The van der Waals surface area contributed by atoms with E-state index in [4.69, 9.17) is 0 Å². The molecule has 0 saturated carbocycles. The molecular weight excluding hydrogens is 274 g/mol. The first-order valence-electron chi connectivity index (χ1n) is 7.78. The topological polar surface area (TPSA) is 31.4 Å². The number of nitrogens with one attached hydrogen (secondary N) is 1. The standard InChI is InChI=1S/C15H22F2N4/c1-2-5-18-14-12(16)9-13(17)15(19-14)21-8-7-20-6-3-4-11(20)10-21/h9,11H,2-8,10H2,1H3,(H,18,19). The van der Waals surface area contributed by atoms with E-state index in [2.05, 4.69) is 15.2 Å². The molecule has 0 bridgehead atoms. The van der Waals surface area contributed by atoms with Crippen LogP contribution in [0.4, 0.5) is 20.4 Å². The largest absolute Gasteiger partial charge is 0.368 e. The molecule has 2 aliphatic rings. The van der Waals surface area contributed by atoms with Crippen molar-refractivity contribution >= 4 is 11.6 Å². The van der Waals surface area contributed by atoms with Crippen LogP contribution >= 0.6 is 0 Å². The van der Waals surface area contributed by atoms with Crippen LogP contribution in [-0.4, -0.2) is 48.6 Å². The number of hydrogen-bond acceptors (Lipinski definition) is 4. The molecule has 1 aromatic heterocycles. The lowest BCUT2D eigenvalue weighted by Crippen LogP contribution is -2.50. The number of fused-ring (bicyclic) bond motifs is 1. The molecular formula is C15H22F2N4. The Morgan fingerprint density at radius 3 is 2.95 bits per heavy atom. The van der Waals surface area contributed by atoms with E-state index in [0.29, 0.717) is 12.6 Å². The molecule has 2 aliphatic heterocycles. The van der Waals surface area contributed by atoms with E-state index in [9.17, 15) is 8.78 Å². The molecule has 0 aliphatic carbocycles. The first-order chi connectivity index (χ1) is 10.2. The summed E-state index contributed by atoms with van der Waals surface area (Å²) in [7, 11) is 0. The van der Waals surface area contributed by atoms with Gasteiger partial charge in [0.25, 0.3) is 0 Å². The van der Waals surface area contributed by atoms with Gasteiger partial charge in [-0.15, -0.1) is 0 Å². The average Bonchev–Trinajstić information content (AvgIpc) is 2.94. The van der Waals surface area contributed by atoms with Crippen molar-refractivity contribution in [3.05, 3.63) is 17.7 Å². The summed E-state index contributed by atoms with van der Waals surface area (Å²) in [6.45, 7) is 6.23. The second-order valence-corrected chi connectivity index (χ2v) is 5.83. The summed E-state index contributed by atoms with van der Waals surface area (Å²) in [5, 5.41) is 2.93. The fraction of sp³-hybridized carbons (Fsp3) is 0.667. The Morgan fingerprint density at radius 2 is 2.14 bits per heavy atom. The molecule has 3 rings (SSSR count). The van der Waals surface area contributed by atoms with Gasteiger partial charge in [0, 0.05) is 38.3 Å². The average molecular weight is 296 g/mol. The van der Waals surface area contributed by atoms with Crippen LogP contribution in [0.5, 0.6) is 0 Å². The molecule has 1 N–H and O–H groups in total. The molecule has 2 saturated heterocycles. The van der Waals surface area contributed by atoms with Gasteiger partial charge >= 0.3 is 0 Å². The highest BCUT2D eigenvalue weighted by Gasteiger charge is 2.32. The molecule has 1 aromatic rings. The summed E-state index contributed by atoms with van der Waals surface area (Å²) in [4.78, 5) is 8.60. The Hall–Kier alpha value is -1.43. The van der Waals surface area contributed by atoms with Gasteiger partial charge in [0.2, 0.25) is 0 Å². The van der Waals surface area contributed by atoms with Gasteiger partial charge in [-0.1, -0.05) is 6.92 Å². The normalized spacial score (nSPS) is 22.4. The van der Waals surface area contributed by atoms with Gasteiger partial charge in [-0.05, 0) is 25.8 Å². The van der Waals surface area contributed by atoms with Crippen LogP contribution in [0.1, 0.15) is 26.2 Å². The van der Waals surface area contributed by atoms with Gasteiger partial charge in [0.1, 0.15) is 0 Å². The van der Waals surface area contributed by atoms with Crippen molar-refractivity contribution in [2.24, 2.45) is 0 Å². The Morgan fingerprint density at radius 1 is 1.29 bits per heavy atom. The van der Waals surface area contributed by atoms with Crippen molar-refractivity contribution in [2.45, 2.75) is 32.2 Å². The Balaban J connectivity index is 1.80. The molecule has 6 heteroatoms. The molecule has 1 unspecified atom stereocenters. The summed E-state index contributed by atoms with van der Waals surface area (Å²) in [5.41, 5.74) is 0. The third-order valence-corrected chi connectivity index (χ3v) is 4.34. The molecule has 0 spiro atoms. The van der Waals surface area contributed by atoms with Crippen molar-refractivity contribution in [1.82, 2.24) is 9.88 Å². The molecule has 1 atom stereocenters. The predicted octanol–water partition coefficient (Wildman–Crippen LogP) is 2.47. The van der Waals surface area contributed by atoms with Crippen LogP contribution in [0.15, 0.2) is 6.07 Å². The van der Waals surface area contributed by atoms with Crippen LogP contribution < -0.4 is 10.2 Å². The summed E-state index contributed by atoms with van der Waals surface area (Å²) in [5.74, 6) is -0.756. The minimum atomic E-state index is -0.621. The number of halogens is 2. The summed E-state index contributed by atoms with van der Waals surface area (Å²) in [6, 6.07) is 1.43. The minimum Gasteiger partial charge on any atom is -0.368 e. The van der Waals surface area contributed by atoms with Gasteiger partial charge in [-0.2, -0.15) is 0 Å². The van der Waals surface area contributed by atoms with Crippen molar-refractivity contribution in [2.75, 3.05) is 42.9 Å². The zero-order valence-corrected chi connectivity index (χ0v) is 12.4. The number of aromatic nitrogens is 1. The van der Waals surface area contributed by atoms with Gasteiger partial charge < -0.3 is 10.2 Å². The first-order valence-corrected chi connectivity index (χ1v) is 7.78. The molecule has 21 heavy (non-hydrogen) atoms. The quantitative estimate of drug-likeness (QED) is 0.925. The molecule has 4 nitrogen and oxygen atoms in total. The van der Waals surface area contributed by atoms with E-state index in [1.807, 2.05) is 11.8 Å². The number of hydrogen-bond donors (Lipinski definition) is 1. The summed E-state index contributed by atoms with van der Waals surface area (Å²) >= 11 is 0. The number of rotatable bonds is 4. The zero-order chi connectivity index (χ0) is 14.8. The predicted molar refractivity (Wildman–Crippen MR) is 79.7 cm³/mol. The third-order valence-electron chi connectivity index (χ3n) is 4.34. The van der Waals surface area contributed by atoms with Crippen LogP contribution in [-0.2, 0) is 0 Å². The van der Waals surface area contributed by atoms with E-state index >= 15 is 0 Å². The Kier molecular flexibility index (Phi) is 4.24. The number of anilines is 2. The van der Waals surface area contributed by atoms with Gasteiger partial charge in [-0.3, -0.25) is 4.90 Å². The number of nitrogens with zero attached hydrogens (tertiary/aromatic N) is 3. The van der Waals surface area contributed by atoms with Gasteiger partial charge in [0.15, 0.2) is 23.3 Å². The van der Waals surface area contributed by atoms with Crippen LogP contribution in [0.25, 0.3) is 0 Å². The third kappa shape index (κ3) is 2.95. The maximum absolute atomic E-state index is 14.1. The highest BCUT2D eigenvalue weighted by molar-refractivity contribution is 5.50. The smallest absolute Gasteiger partial charge is 0.168 e. The SMILES string of the molecule is CCCNc1nc(N2CCN3CCCC3C2)c(F)cc1F. The molecule has 0 aromatic carbocycles. The van der Waals surface area contributed by atoms with E-state index in [1.54, 1.807) is 0 Å². The van der Waals surface area contributed by atoms with Crippen LogP contribution in [0, 0.1) is 11.6 Å². The highest BCUT2D eigenvalue weighted by Crippen LogP contribution is 2.28. The maximum Gasteiger partial charge on any atom is 0.168 e. The van der Waals surface area contributed by atoms with Crippen LogP contribution in [0.3, 0.4) is 0 Å².